The molecule has 0 aliphatic rings. The minimum absolute atomic E-state index is 1.12. The molecule has 59 heavy (non-hydrogen) atoms. The van der Waals surface area contributed by atoms with Crippen LogP contribution in [0.25, 0.3) is 39.0 Å². The molecule has 0 atom stereocenters. The molecular formula is C56H42N2Si. The summed E-state index contributed by atoms with van der Waals surface area (Å²) in [5.74, 6) is 0. The van der Waals surface area contributed by atoms with Gasteiger partial charge in [0.25, 0.3) is 0 Å². The molecule has 2 nitrogen and oxygen atoms in total. The van der Waals surface area contributed by atoms with Gasteiger partial charge in [-0.15, -0.1) is 0 Å². The largest absolute Gasteiger partial charge is 0.311 e. The Kier molecular flexibility index (Phi) is 9.63. The number of benzene rings is 9. The van der Waals surface area contributed by atoms with Crippen LogP contribution in [0.5, 0.6) is 0 Å². The van der Waals surface area contributed by atoms with Gasteiger partial charge in [0.15, 0.2) is 8.07 Å². The summed E-state index contributed by atoms with van der Waals surface area (Å²) in [5.41, 5.74) is 10.5. The quantitative estimate of drug-likeness (QED) is 0.0993. The normalized spacial score (nSPS) is 11.4. The fourth-order valence-electron chi connectivity index (χ4n) is 8.97. The Balaban J connectivity index is 1.18. The van der Waals surface area contributed by atoms with Crippen molar-refractivity contribution in [2.75, 3.05) is 4.90 Å². The minimum atomic E-state index is -2.84. The van der Waals surface area contributed by atoms with E-state index in [1.54, 1.807) is 0 Å². The number of hydrogen-bond donors (Lipinski definition) is 0. The molecule has 10 aromatic rings. The molecule has 9 aromatic carbocycles. The van der Waals surface area contributed by atoms with E-state index in [4.69, 9.17) is 0 Å². The van der Waals surface area contributed by atoms with E-state index in [0.717, 1.165) is 22.7 Å². The van der Waals surface area contributed by atoms with E-state index in [1.807, 2.05) is 0 Å². The molecule has 1 heterocycles. The van der Waals surface area contributed by atoms with Crippen LogP contribution in [0.4, 0.5) is 17.1 Å². The zero-order chi connectivity index (χ0) is 39.4. The van der Waals surface area contributed by atoms with Gasteiger partial charge in [-0.05, 0) is 86.5 Å². The predicted molar refractivity (Wildman–Crippen MR) is 252 cm³/mol. The van der Waals surface area contributed by atoms with Crippen molar-refractivity contribution in [1.29, 1.82) is 0 Å². The fourth-order valence-corrected chi connectivity index (χ4v) is 13.7. The van der Waals surface area contributed by atoms with E-state index in [-0.39, 0.29) is 0 Å². The first-order valence-electron chi connectivity index (χ1n) is 20.3. The van der Waals surface area contributed by atoms with Crippen molar-refractivity contribution >= 4 is 56.8 Å². The lowest BCUT2D eigenvalue weighted by atomic mass is 9.98. The third-order valence-corrected chi connectivity index (χ3v) is 16.3. The van der Waals surface area contributed by atoms with Crippen molar-refractivity contribution < 1.29 is 0 Å². The van der Waals surface area contributed by atoms with Gasteiger partial charge in [-0.3, -0.25) is 0 Å². The van der Waals surface area contributed by atoms with Gasteiger partial charge in [0.05, 0.1) is 11.2 Å². The summed E-state index contributed by atoms with van der Waals surface area (Å²) in [4.78, 5) is 2.34. The van der Waals surface area contributed by atoms with Crippen LogP contribution >= 0.6 is 0 Å². The SMILES string of the molecule is c1ccc(-c2c(-c3ccc([Si](c4ccccc4)(c4ccccc4)c4ccc(N(c5ccccc5)c5ccccc5)cc4)cc3)c3ccccc3n2-c2ccccc2)cc1. The summed E-state index contributed by atoms with van der Waals surface area (Å²) in [6.45, 7) is 0. The van der Waals surface area contributed by atoms with Crippen molar-refractivity contribution in [3.63, 3.8) is 0 Å². The van der Waals surface area contributed by atoms with Gasteiger partial charge < -0.3 is 9.47 Å². The molecular weight excluding hydrogens is 729 g/mol. The van der Waals surface area contributed by atoms with Crippen LogP contribution in [0, 0.1) is 0 Å². The van der Waals surface area contributed by atoms with Crippen molar-refractivity contribution in [3.8, 4) is 28.1 Å². The summed E-state index contributed by atoms with van der Waals surface area (Å²) >= 11 is 0. The number of rotatable bonds is 10. The molecule has 0 N–H and O–H groups in total. The monoisotopic (exact) mass is 770 g/mol. The van der Waals surface area contributed by atoms with Gasteiger partial charge in [0.1, 0.15) is 0 Å². The molecule has 0 saturated heterocycles. The van der Waals surface area contributed by atoms with Gasteiger partial charge in [0, 0.05) is 33.7 Å². The maximum absolute atomic E-state index is 2.84. The lowest BCUT2D eigenvalue weighted by molar-refractivity contribution is 1.13. The molecule has 280 valence electrons. The Labute approximate surface area is 347 Å². The third kappa shape index (κ3) is 6.48. The number of anilines is 3. The van der Waals surface area contributed by atoms with E-state index in [2.05, 4.69) is 264 Å². The van der Waals surface area contributed by atoms with E-state index >= 15 is 0 Å². The van der Waals surface area contributed by atoms with Crippen LogP contribution in [-0.4, -0.2) is 12.6 Å². The van der Waals surface area contributed by atoms with Gasteiger partial charge in [-0.1, -0.05) is 200 Å². The van der Waals surface area contributed by atoms with Crippen LogP contribution in [0.2, 0.25) is 0 Å². The molecule has 0 bridgehead atoms. The van der Waals surface area contributed by atoms with Gasteiger partial charge in [0.2, 0.25) is 0 Å². The molecule has 1 aromatic heterocycles. The highest BCUT2D eigenvalue weighted by Gasteiger charge is 2.41. The topological polar surface area (TPSA) is 8.17 Å². The van der Waals surface area contributed by atoms with E-state index in [1.165, 1.54) is 54.0 Å². The lowest BCUT2D eigenvalue weighted by Crippen LogP contribution is -2.74. The number of para-hydroxylation sites is 4. The van der Waals surface area contributed by atoms with E-state index in [9.17, 15) is 0 Å². The third-order valence-electron chi connectivity index (χ3n) is 11.5. The highest BCUT2D eigenvalue weighted by molar-refractivity contribution is 7.19. The summed E-state index contributed by atoms with van der Waals surface area (Å²) in [7, 11) is -2.84. The van der Waals surface area contributed by atoms with Crippen molar-refractivity contribution in [2.24, 2.45) is 0 Å². The zero-order valence-corrected chi connectivity index (χ0v) is 33.6. The van der Waals surface area contributed by atoms with Crippen LogP contribution in [0.3, 0.4) is 0 Å². The Morgan fingerprint density at radius 2 is 0.695 bits per heavy atom. The maximum Gasteiger partial charge on any atom is 0.179 e. The van der Waals surface area contributed by atoms with Gasteiger partial charge >= 0.3 is 0 Å². The maximum atomic E-state index is 2.43. The predicted octanol–water partition coefficient (Wildman–Crippen LogP) is 11.8. The Morgan fingerprint density at radius 3 is 1.22 bits per heavy atom. The van der Waals surface area contributed by atoms with Crippen molar-refractivity contribution in [2.45, 2.75) is 0 Å². The zero-order valence-electron chi connectivity index (χ0n) is 32.6. The first-order chi connectivity index (χ1) is 29.3. The second-order valence-electron chi connectivity index (χ2n) is 14.9. The lowest BCUT2D eigenvalue weighted by Gasteiger charge is -2.35. The number of fused-ring (bicyclic) bond motifs is 1. The standard InChI is InChI=1S/C56H42N2Si/c1-7-21-44(22-8-1)56-55(53-33-19-20-34-54(53)58(56)47-27-13-4-14-28-47)43-35-39-51(40-36-43)59(49-29-15-5-16-30-49,50-31-17-6-18-32-50)52-41-37-48(38-42-52)57(45-23-9-2-10-24-45)46-25-11-3-12-26-46/h1-42H. The molecule has 3 heteroatoms. The summed E-state index contributed by atoms with van der Waals surface area (Å²) in [6, 6.07) is 93.0. The number of aromatic nitrogens is 1. The molecule has 10 rings (SSSR count). The van der Waals surface area contributed by atoms with E-state index in [0.29, 0.717) is 0 Å². The fraction of sp³-hybridized carbons (Fsp3) is 0. The van der Waals surface area contributed by atoms with Crippen LogP contribution in [-0.2, 0) is 0 Å². The molecule has 0 spiro atoms. The average molecular weight is 771 g/mol. The van der Waals surface area contributed by atoms with Crippen LogP contribution < -0.4 is 25.6 Å². The average Bonchev–Trinajstić information content (AvgIpc) is 3.67. The Bertz CT molecular complexity index is 2850. The Morgan fingerprint density at radius 1 is 0.305 bits per heavy atom. The number of hydrogen-bond acceptors (Lipinski definition) is 1. The summed E-state index contributed by atoms with van der Waals surface area (Å²) < 4.78 is 2.43. The van der Waals surface area contributed by atoms with Gasteiger partial charge in [-0.2, -0.15) is 0 Å². The highest BCUT2D eigenvalue weighted by atomic mass is 28.3. The molecule has 0 unspecified atom stereocenters. The highest BCUT2D eigenvalue weighted by Crippen LogP contribution is 2.42. The Hall–Kier alpha value is -7.46. The summed E-state index contributed by atoms with van der Waals surface area (Å²) in [6.07, 6.45) is 0. The molecule has 0 amide bonds. The molecule has 0 aliphatic carbocycles. The van der Waals surface area contributed by atoms with Crippen molar-refractivity contribution in [1.82, 2.24) is 4.57 Å². The van der Waals surface area contributed by atoms with Crippen molar-refractivity contribution in [3.05, 3.63) is 255 Å². The van der Waals surface area contributed by atoms with Crippen LogP contribution in [0.1, 0.15) is 0 Å². The smallest absolute Gasteiger partial charge is 0.179 e. The molecule has 0 radical (unpaired) electrons. The molecule has 0 fully saturated rings. The second kappa shape index (κ2) is 15.8. The van der Waals surface area contributed by atoms with E-state index < -0.39 is 8.07 Å². The molecule has 0 saturated carbocycles. The van der Waals surface area contributed by atoms with Crippen LogP contribution in [0.15, 0.2) is 255 Å². The second-order valence-corrected chi connectivity index (χ2v) is 18.7. The first-order valence-corrected chi connectivity index (χ1v) is 22.3. The van der Waals surface area contributed by atoms with Gasteiger partial charge in [-0.25, -0.2) is 0 Å². The minimum Gasteiger partial charge on any atom is -0.311 e. The number of nitrogens with zero attached hydrogens (tertiary/aromatic N) is 2. The summed E-state index contributed by atoms with van der Waals surface area (Å²) in [5, 5.41) is 6.59. The first kappa shape index (κ1) is 35.9. The molecule has 0 aliphatic heterocycles.